The fourth-order valence-corrected chi connectivity index (χ4v) is 2.34. The van der Waals surface area contributed by atoms with Crippen LogP contribution in [0.2, 0.25) is 0 Å². The minimum Gasteiger partial charge on any atom is -0.478 e. The van der Waals surface area contributed by atoms with Crippen LogP contribution in [-0.2, 0) is 4.74 Å². The molecule has 20 heavy (non-hydrogen) atoms. The highest BCUT2D eigenvalue weighted by Gasteiger charge is 2.17. The molecule has 2 N–H and O–H groups in total. The average molecular weight is 277 g/mol. The summed E-state index contributed by atoms with van der Waals surface area (Å²) in [7, 11) is 0. The van der Waals surface area contributed by atoms with E-state index in [1.165, 1.54) is 18.6 Å². The molecule has 1 atom stereocenters. The SMILES string of the molecule is O=C(O)c1ccccc1C(=O)NCCC1CCCCO1. The predicted molar refractivity (Wildman–Crippen MR) is 73.9 cm³/mol. The van der Waals surface area contributed by atoms with Gasteiger partial charge in [-0.1, -0.05) is 12.1 Å². The van der Waals surface area contributed by atoms with Gasteiger partial charge in [0.2, 0.25) is 0 Å². The molecule has 1 aromatic rings. The van der Waals surface area contributed by atoms with Crippen LogP contribution in [0.1, 0.15) is 46.4 Å². The second kappa shape index (κ2) is 7.05. The Kier molecular flexibility index (Phi) is 5.12. The van der Waals surface area contributed by atoms with Crippen molar-refractivity contribution in [3.63, 3.8) is 0 Å². The molecule has 0 bridgehead atoms. The smallest absolute Gasteiger partial charge is 0.336 e. The van der Waals surface area contributed by atoms with Crippen LogP contribution >= 0.6 is 0 Å². The second-order valence-electron chi connectivity index (χ2n) is 4.88. The summed E-state index contributed by atoms with van der Waals surface area (Å²) >= 11 is 0. The first-order valence-electron chi connectivity index (χ1n) is 6.90. The highest BCUT2D eigenvalue weighted by atomic mass is 16.5. The number of carbonyl (C=O) groups is 2. The highest BCUT2D eigenvalue weighted by Crippen LogP contribution is 2.15. The van der Waals surface area contributed by atoms with Crippen molar-refractivity contribution >= 4 is 11.9 Å². The lowest BCUT2D eigenvalue weighted by Crippen LogP contribution is -2.30. The van der Waals surface area contributed by atoms with Crippen LogP contribution < -0.4 is 5.32 Å². The third kappa shape index (κ3) is 3.81. The highest BCUT2D eigenvalue weighted by molar-refractivity contribution is 6.04. The van der Waals surface area contributed by atoms with Crippen LogP contribution in [0.5, 0.6) is 0 Å². The summed E-state index contributed by atoms with van der Waals surface area (Å²) in [5, 5.41) is 11.8. The number of hydrogen-bond donors (Lipinski definition) is 2. The minimum absolute atomic E-state index is 0.0268. The number of carbonyl (C=O) groups excluding carboxylic acids is 1. The molecule has 5 heteroatoms. The number of nitrogens with one attached hydrogen (secondary N) is 1. The standard InChI is InChI=1S/C15H19NO4/c17-14(12-6-1-2-7-13(12)15(18)19)16-9-8-11-5-3-4-10-20-11/h1-2,6-7,11H,3-5,8-10H2,(H,16,17)(H,18,19). The number of aromatic carboxylic acids is 1. The van der Waals surface area contributed by atoms with Crippen molar-refractivity contribution in [2.75, 3.05) is 13.2 Å². The number of hydrogen-bond acceptors (Lipinski definition) is 3. The van der Waals surface area contributed by atoms with Gasteiger partial charge in [-0.3, -0.25) is 4.79 Å². The van der Waals surface area contributed by atoms with Crippen molar-refractivity contribution < 1.29 is 19.4 Å². The Bertz CT molecular complexity index is 481. The van der Waals surface area contributed by atoms with Crippen LogP contribution in [0.15, 0.2) is 24.3 Å². The Hall–Kier alpha value is -1.88. The lowest BCUT2D eigenvalue weighted by atomic mass is 10.1. The predicted octanol–water partition coefficient (Wildman–Crippen LogP) is 2.07. The van der Waals surface area contributed by atoms with Gasteiger partial charge in [0, 0.05) is 13.2 Å². The van der Waals surface area contributed by atoms with Crippen molar-refractivity contribution in [1.29, 1.82) is 0 Å². The van der Waals surface area contributed by atoms with Crippen LogP contribution in [0.4, 0.5) is 0 Å². The minimum atomic E-state index is -1.09. The Morgan fingerprint density at radius 2 is 2.00 bits per heavy atom. The van der Waals surface area contributed by atoms with Crippen molar-refractivity contribution in [2.45, 2.75) is 31.8 Å². The third-order valence-electron chi connectivity index (χ3n) is 3.43. The first-order valence-corrected chi connectivity index (χ1v) is 6.90. The zero-order valence-corrected chi connectivity index (χ0v) is 11.3. The quantitative estimate of drug-likeness (QED) is 0.864. The van der Waals surface area contributed by atoms with E-state index in [1.54, 1.807) is 12.1 Å². The molecular weight excluding hydrogens is 258 g/mol. The molecule has 0 radical (unpaired) electrons. The number of amides is 1. The van der Waals surface area contributed by atoms with Gasteiger partial charge in [-0.05, 0) is 37.8 Å². The van der Waals surface area contributed by atoms with Gasteiger partial charge in [0.05, 0.1) is 17.2 Å². The van der Waals surface area contributed by atoms with Gasteiger partial charge in [-0.15, -0.1) is 0 Å². The van der Waals surface area contributed by atoms with Crippen LogP contribution in [0.3, 0.4) is 0 Å². The van der Waals surface area contributed by atoms with E-state index in [2.05, 4.69) is 5.32 Å². The van der Waals surface area contributed by atoms with Gasteiger partial charge in [0.1, 0.15) is 0 Å². The number of carboxylic acids is 1. The third-order valence-corrected chi connectivity index (χ3v) is 3.43. The van der Waals surface area contributed by atoms with E-state index < -0.39 is 5.97 Å². The maximum Gasteiger partial charge on any atom is 0.336 e. The zero-order valence-electron chi connectivity index (χ0n) is 11.3. The summed E-state index contributed by atoms with van der Waals surface area (Å²) in [4.78, 5) is 23.0. The molecule has 1 unspecified atom stereocenters. The summed E-state index contributed by atoms with van der Waals surface area (Å²) in [6.45, 7) is 1.29. The van der Waals surface area contributed by atoms with Crippen LogP contribution in [0.25, 0.3) is 0 Å². The number of ether oxygens (including phenoxy) is 1. The molecular formula is C15H19NO4. The van der Waals surface area contributed by atoms with E-state index in [0.717, 1.165) is 25.9 Å². The maximum atomic E-state index is 12.0. The van der Waals surface area contributed by atoms with Crippen molar-refractivity contribution in [3.8, 4) is 0 Å². The molecule has 0 aliphatic carbocycles. The molecule has 1 aliphatic heterocycles. The van der Waals surface area contributed by atoms with Gasteiger partial charge in [0.25, 0.3) is 5.91 Å². The van der Waals surface area contributed by atoms with Gasteiger partial charge in [-0.25, -0.2) is 4.79 Å². The van der Waals surface area contributed by atoms with E-state index in [-0.39, 0.29) is 23.1 Å². The van der Waals surface area contributed by atoms with E-state index >= 15 is 0 Å². The molecule has 1 aromatic carbocycles. The topological polar surface area (TPSA) is 75.6 Å². The molecule has 1 fully saturated rings. The summed E-state index contributed by atoms with van der Waals surface area (Å²) in [6.07, 6.45) is 4.27. The van der Waals surface area contributed by atoms with Gasteiger partial charge in [0.15, 0.2) is 0 Å². The van der Waals surface area contributed by atoms with Gasteiger partial charge in [-0.2, -0.15) is 0 Å². The fourth-order valence-electron chi connectivity index (χ4n) is 2.34. The summed E-state index contributed by atoms with van der Waals surface area (Å²) in [6, 6.07) is 6.22. The molecule has 1 saturated heterocycles. The molecule has 1 aliphatic rings. The lowest BCUT2D eigenvalue weighted by molar-refractivity contribution is 0.0117. The van der Waals surface area contributed by atoms with Crippen LogP contribution in [0, 0.1) is 0 Å². The Balaban J connectivity index is 1.87. The lowest BCUT2D eigenvalue weighted by Gasteiger charge is -2.22. The summed E-state index contributed by atoms with van der Waals surface area (Å²) in [5.41, 5.74) is 0.225. The average Bonchev–Trinajstić information content (AvgIpc) is 2.48. The molecule has 0 saturated carbocycles. The first kappa shape index (κ1) is 14.5. The number of rotatable bonds is 5. The number of benzene rings is 1. The van der Waals surface area contributed by atoms with E-state index in [9.17, 15) is 9.59 Å². The number of carboxylic acid groups (broad SMARTS) is 1. The molecule has 2 rings (SSSR count). The van der Waals surface area contributed by atoms with Gasteiger partial charge >= 0.3 is 5.97 Å². The fraction of sp³-hybridized carbons (Fsp3) is 0.467. The maximum absolute atomic E-state index is 12.0. The Morgan fingerprint density at radius 3 is 2.65 bits per heavy atom. The molecule has 1 heterocycles. The summed E-state index contributed by atoms with van der Waals surface area (Å²) < 4.78 is 5.58. The van der Waals surface area contributed by atoms with E-state index in [4.69, 9.17) is 9.84 Å². The van der Waals surface area contributed by atoms with Crippen molar-refractivity contribution in [3.05, 3.63) is 35.4 Å². The monoisotopic (exact) mass is 277 g/mol. The normalized spacial score (nSPS) is 18.5. The van der Waals surface area contributed by atoms with Crippen molar-refractivity contribution in [2.24, 2.45) is 0 Å². The van der Waals surface area contributed by atoms with Crippen LogP contribution in [-0.4, -0.2) is 36.2 Å². The Labute approximate surface area is 117 Å². The molecule has 0 spiro atoms. The van der Waals surface area contributed by atoms with E-state index in [0.29, 0.717) is 6.54 Å². The largest absolute Gasteiger partial charge is 0.478 e. The first-order chi connectivity index (χ1) is 9.68. The molecule has 0 aromatic heterocycles. The summed E-state index contributed by atoms with van der Waals surface area (Å²) in [5.74, 6) is -1.44. The molecule has 1 amide bonds. The van der Waals surface area contributed by atoms with E-state index in [1.807, 2.05) is 0 Å². The van der Waals surface area contributed by atoms with Crippen molar-refractivity contribution in [1.82, 2.24) is 5.32 Å². The van der Waals surface area contributed by atoms with Gasteiger partial charge < -0.3 is 15.2 Å². The zero-order chi connectivity index (χ0) is 14.4. The Morgan fingerprint density at radius 1 is 1.25 bits per heavy atom. The molecule has 5 nitrogen and oxygen atoms in total. The second-order valence-corrected chi connectivity index (χ2v) is 4.88. The molecule has 108 valence electrons.